The predicted octanol–water partition coefficient (Wildman–Crippen LogP) is 2.73. The number of anilines is 1. The molecule has 1 atom stereocenters. The lowest BCUT2D eigenvalue weighted by atomic mass is 9.98. The van der Waals surface area contributed by atoms with Gasteiger partial charge in [0.15, 0.2) is 5.13 Å². The zero-order valence-electron chi connectivity index (χ0n) is 10.1. The van der Waals surface area contributed by atoms with Gasteiger partial charge in [-0.1, -0.05) is 11.2 Å². The highest BCUT2D eigenvalue weighted by molar-refractivity contribution is 7.13. The molecule has 0 saturated carbocycles. The molecular formula is C12H11N3O2S2. The van der Waals surface area contributed by atoms with Gasteiger partial charge in [-0.05, 0) is 18.4 Å². The first-order valence-electron chi connectivity index (χ1n) is 5.67. The van der Waals surface area contributed by atoms with Crippen LogP contribution in [0, 0.1) is 0 Å². The van der Waals surface area contributed by atoms with E-state index in [0.29, 0.717) is 11.6 Å². The molecule has 5 nitrogen and oxygen atoms in total. The van der Waals surface area contributed by atoms with Gasteiger partial charge >= 0.3 is 0 Å². The van der Waals surface area contributed by atoms with E-state index in [0.717, 1.165) is 10.6 Å². The van der Waals surface area contributed by atoms with Crippen LogP contribution >= 0.6 is 22.7 Å². The third-order valence-corrected chi connectivity index (χ3v) is 4.41. The summed E-state index contributed by atoms with van der Waals surface area (Å²) in [7, 11) is 0. The van der Waals surface area contributed by atoms with Gasteiger partial charge in [-0.15, -0.1) is 22.7 Å². The predicted molar refractivity (Wildman–Crippen MR) is 75.7 cm³/mol. The standard InChI is InChI=1S/C12H11N3O2S2/c1-12(10(16)14-11-13-4-6-19-11)7-8(15-17-12)9-3-2-5-18-9/h2-6H,7H2,1H3,(H,13,14,16)/t12-/m1/s1. The van der Waals surface area contributed by atoms with Crippen molar-refractivity contribution in [3.8, 4) is 0 Å². The number of oxime groups is 1. The second-order valence-corrected chi connectivity index (χ2v) is 6.15. The smallest absolute Gasteiger partial charge is 0.273 e. The third-order valence-electron chi connectivity index (χ3n) is 2.80. The van der Waals surface area contributed by atoms with Crippen molar-refractivity contribution >= 4 is 39.4 Å². The van der Waals surface area contributed by atoms with E-state index >= 15 is 0 Å². The maximum absolute atomic E-state index is 12.2. The van der Waals surface area contributed by atoms with E-state index in [1.165, 1.54) is 11.3 Å². The van der Waals surface area contributed by atoms with Crippen molar-refractivity contribution in [1.82, 2.24) is 4.98 Å². The van der Waals surface area contributed by atoms with Gasteiger partial charge in [-0.25, -0.2) is 4.98 Å². The van der Waals surface area contributed by atoms with Crippen LogP contribution in [0.2, 0.25) is 0 Å². The second-order valence-electron chi connectivity index (χ2n) is 4.31. The molecule has 0 aliphatic carbocycles. The lowest BCUT2D eigenvalue weighted by Gasteiger charge is -2.19. The highest BCUT2D eigenvalue weighted by Gasteiger charge is 2.42. The summed E-state index contributed by atoms with van der Waals surface area (Å²) in [6.45, 7) is 1.74. The molecule has 1 aliphatic rings. The summed E-state index contributed by atoms with van der Waals surface area (Å²) in [4.78, 5) is 22.6. The second kappa shape index (κ2) is 4.75. The van der Waals surface area contributed by atoms with Gasteiger partial charge in [0.25, 0.3) is 5.91 Å². The molecule has 2 aromatic rings. The Labute approximate surface area is 117 Å². The van der Waals surface area contributed by atoms with E-state index in [1.54, 1.807) is 29.8 Å². The van der Waals surface area contributed by atoms with Crippen LogP contribution in [0.1, 0.15) is 18.2 Å². The molecule has 19 heavy (non-hydrogen) atoms. The van der Waals surface area contributed by atoms with Crippen LogP contribution in [0.5, 0.6) is 0 Å². The highest BCUT2D eigenvalue weighted by Crippen LogP contribution is 2.29. The first kappa shape index (κ1) is 12.3. The van der Waals surface area contributed by atoms with Crippen molar-refractivity contribution < 1.29 is 9.63 Å². The fraction of sp³-hybridized carbons (Fsp3) is 0.250. The van der Waals surface area contributed by atoms with Crippen LogP contribution in [0.3, 0.4) is 0 Å². The number of hydrogen-bond acceptors (Lipinski definition) is 6. The Morgan fingerprint density at radius 3 is 3.05 bits per heavy atom. The molecule has 0 radical (unpaired) electrons. The lowest BCUT2D eigenvalue weighted by molar-refractivity contribution is -0.135. The third kappa shape index (κ3) is 2.39. The van der Waals surface area contributed by atoms with Gasteiger partial charge in [-0.2, -0.15) is 0 Å². The van der Waals surface area contributed by atoms with E-state index in [9.17, 15) is 4.79 Å². The molecule has 3 heterocycles. The Kier molecular flexibility index (Phi) is 3.08. The Morgan fingerprint density at radius 2 is 2.37 bits per heavy atom. The number of thiophene rings is 1. The van der Waals surface area contributed by atoms with Crippen molar-refractivity contribution in [1.29, 1.82) is 0 Å². The maximum Gasteiger partial charge on any atom is 0.273 e. The van der Waals surface area contributed by atoms with Crippen molar-refractivity contribution in [2.75, 3.05) is 5.32 Å². The minimum atomic E-state index is -0.967. The molecule has 0 unspecified atom stereocenters. The molecule has 0 bridgehead atoms. The molecule has 3 rings (SSSR count). The first-order chi connectivity index (χ1) is 9.17. The average Bonchev–Trinajstić information content (AvgIpc) is 3.08. The molecule has 2 aromatic heterocycles. The number of hydrogen-bond donors (Lipinski definition) is 1. The van der Waals surface area contributed by atoms with E-state index in [1.807, 2.05) is 17.5 Å². The number of carbonyl (C=O) groups excluding carboxylic acids is 1. The fourth-order valence-electron chi connectivity index (χ4n) is 1.75. The number of amides is 1. The minimum Gasteiger partial charge on any atom is -0.379 e. The zero-order valence-corrected chi connectivity index (χ0v) is 11.8. The van der Waals surface area contributed by atoms with Crippen LogP contribution < -0.4 is 5.32 Å². The largest absolute Gasteiger partial charge is 0.379 e. The fourth-order valence-corrected chi connectivity index (χ4v) is 2.98. The van der Waals surface area contributed by atoms with Gasteiger partial charge in [0.1, 0.15) is 5.71 Å². The summed E-state index contributed by atoms with van der Waals surface area (Å²) in [5, 5.41) is 11.1. The Bertz CT molecular complexity index is 607. The summed E-state index contributed by atoms with van der Waals surface area (Å²) in [6, 6.07) is 3.92. The lowest BCUT2D eigenvalue weighted by Crippen LogP contribution is -2.40. The quantitative estimate of drug-likeness (QED) is 0.946. The maximum atomic E-state index is 12.2. The zero-order chi connectivity index (χ0) is 13.3. The molecule has 1 aliphatic heterocycles. The first-order valence-corrected chi connectivity index (χ1v) is 7.43. The molecule has 7 heteroatoms. The molecule has 1 N–H and O–H groups in total. The van der Waals surface area contributed by atoms with Crippen LogP contribution in [0.15, 0.2) is 34.2 Å². The Hall–Kier alpha value is -1.73. The average molecular weight is 293 g/mol. The molecule has 0 spiro atoms. The molecule has 0 fully saturated rings. The Balaban J connectivity index is 1.71. The minimum absolute atomic E-state index is 0.224. The monoisotopic (exact) mass is 293 g/mol. The van der Waals surface area contributed by atoms with E-state index in [-0.39, 0.29) is 5.91 Å². The normalized spacial score (nSPS) is 21.8. The van der Waals surface area contributed by atoms with Crippen molar-refractivity contribution in [2.45, 2.75) is 18.9 Å². The van der Waals surface area contributed by atoms with Gasteiger partial charge in [0.2, 0.25) is 5.60 Å². The number of carbonyl (C=O) groups is 1. The number of nitrogens with zero attached hydrogens (tertiary/aromatic N) is 2. The van der Waals surface area contributed by atoms with Crippen molar-refractivity contribution in [3.05, 3.63) is 34.0 Å². The van der Waals surface area contributed by atoms with Crippen LogP contribution in [-0.4, -0.2) is 22.2 Å². The molecular weight excluding hydrogens is 282 g/mol. The van der Waals surface area contributed by atoms with Crippen LogP contribution in [-0.2, 0) is 9.63 Å². The molecule has 0 saturated heterocycles. The summed E-state index contributed by atoms with van der Waals surface area (Å²) in [5.74, 6) is -0.224. The molecule has 0 aromatic carbocycles. The van der Waals surface area contributed by atoms with Crippen LogP contribution in [0.25, 0.3) is 0 Å². The SMILES string of the molecule is C[C@]1(C(=O)Nc2nccs2)CC(c2cccs2)=NO1. The van der Waals surface area contributed by atoms with Gasteiger partial charge in [-0.3, -0.25) is 10.1 Å². The van der Waals surface area contributed by atoms with Crippen molar-refractivity contribution in [3.63, 3.8) is 0 Å². The van der Waals surface area contributed by atoms with E-state index < -0.39 is 5.60 Å². The number of aromatic nitrogens is 1. The highest BCUT2D eigenvalue weighted by atomic mass is 32.1. The molecule has 1 amide bonds. The number of rotatable bonds is 3. The van der Waals surface area contributed by atoms with Gasteiger partial charge < -0.3 is 4.84 Å². The number of thiazole rings is 1. The van der Waals surface area contributed by atoms with E-state index in [2.05, 4.69) is 15.5 Å². The summed E-state index contributed by atoms with van der Waals surface area (Å²) in [6.07, 6.45) is 2.11. The van der Waals surface area contributed by atoms with Crippen LogP contribution in [0.4, 0.5) is 5.13 Å². The topological polar surface area (TPSA) is 63.6 Å². The van der Waals surface area contributed by atoms with Gasteiger partial charge in [0, 0.05) is 18.0 Å². The summed E-state index contributed by atoms with van der Waals surface area (Å²) < 4.78 is 0. The summed E-state index contributed by atoms with van der Waals surface area (Å²) in [5.41, 5.74) is -0.155. The van der Waals surface area contributed by atoms with Crippen molar-refractivity contribution in [2.24, 2.45) is 5.16 Å². The van der Waals surface area contributed by atoms with Gasteiger partial charge in [0.05, 0.1) is 4.88 Å². The number of nitrogens with one attached hydrogen (secondary N) is 1. The molecule has 98 valence electrons. The van der Waals surface area contributed by atoms with E-state index in [4.69, 9.17) is 4.84 Å². The summed E-state index contributed by atoms with van der Waals surface area (Å²) >= 11 is 2.96. The Morgan fingerprint density at radius 1 is 1.47 bits per heavy atom.